The Labute approximate surface area is 108 Å². The van der Waals surface area contributed by atoms with Crippen LogP contribution in [-0.2, 0) is 5.41 Å². The molecule has 1 N–H and O–H groups in total. The monoisotopic (exact) mass is 243 g/mol. The van der Waals surface area contributed by atoms with Crippen LogP contribution in [-0.4, -0.2) is 13.1 Å². The van der Waals surface area contributed by atoms with Crippen molar-refractivity contribution in [2.75, 3.05) is 7.05 Å². The van der Waals surface area contributed by atoms with Gasteiger partial charge in [-0.3, -0.25) is 0 Å². The Hall–Kier alpha value is -1.28. The topological polar surface area (TPSA) is 25.2 Å². The van der Waals surface area contributed by atoms with Crippen LogP contribution in [0.5, 0.6) is 0 Å². The second-order valence-corrected chi connectivity index (χ2v) is 5.89. The SMILES string of the molecule is CNC1CCC(C)(c2cc3cccc(C)c3o2)C1. The van der Waals surface area contributed by atoms with Gasteiger partial charge in [-0.25, -0.2) is 0 Å². The number of nitrogens with one attached hydrogen (secondary N) is 1. The third-order valence-corrected chi connectivity index (χ3v) is 4.49. The Morgan fingerprint density at radius 2 is 2.22 bits per heavy atom. The number of benzene rings is 1. The molecule has 0 radical (unpaired) electrons. The molecule has 1 heterocycles. The summed E-state index contributed by atoms with van der Waals surface area (Å²) in [4.78, 5) is 0. The lowest BCUT2D eigenvalue weighted by Gasteiger charge is -2.21. The van der Waals surface area contributed by atoms with Crippen LogP contribution in [0, 0.1) is 6.92 Å². The van der Waals surface area contributed by atoms with Gasteiger partial charge in [-0.2, -0.15) is 0 Å². The van der Waals surface area contributed by atoms with E-state index in [4.69, 9.17) is 4.42 Å². The van der Waals surface area contributed by atoms with Gasteiger partial charge in [-0.15, -0.1) is 0 Å². The molecule has 3 rings (SSSR count). The highest BCUT2D eigenvalue weighted by Crippen LogP contribution is 2.42. The molecule has 2 unspecified atom stereocenters. The first-order chi connectivity index (χ1) is 8.62. The van der Waals surface area contributed by atoms with Crippen molar-refractivity contribution in [3.05, 3.63) is 35.6 Å². The quantitative estimate of drug-likeness (QED) is 0.868. The molecule has 1 aliphatic carbocycles. The number of furan rings is 1. The van der Waals surface area contributed by atoms with Gasteiger partial charge in [0.25, 0.3) is 0 Å². The normalized spacial score (nSPS) is 28.1. The molecule has 2 atom stereocenters. The van der Waals surface area contributed by atoms with Crippen LogP contribution in [0.25, 0.3) is 11.0 Å². The zero-order chi connectivity index (χ0) is 12.8. The van der Waals surface area contributed by atoms with Crippen LogP contribution in [0.1, 0.15) is 37.5 Å². The molecule has 1 aromatic heterocycles. The van der Waals surface area contributed by atoms with Gasteiger partial charge in [0, 0.05) is 16.8 Å². The summed E-state index contributed by atoms with van der Waals surface area (Å²) in [5, 5.41) is 4.63. The van der Waals surface area contributed by atoms with Gasteiger partial charge in [0.05, 0.1) is 0 Å². The van der Waals surface area contributed by atoms with E-state index in [1.807, 2.05) is 0 Å². The molecule has 0 aliphatic heterocycles. The molecule has 0 saturated heterocycles. The van der Waals surface area contributed by atoms with Crippen LogP contribution >= 0.6 is 0 Å². The fourth-order valence-corrected chi connectivity index (χ4v) is 3.22. The van der Waals surface area contributed by atoms with E-state index >= 15 is 0 Å². The first-order valence-corrected chi connectivity index (χ1v) is 6.79. The van der Waals surface area contributed by atoms with Crippen molar-refractivity contribution in [1.82, 2.24) is 5.32 Å². The maximum absolute atomic E-state index is 6.15. The van der Waals surface area contributed by atoms with E-state index in [9.17, 15) is 0 Å². The van der Waals surface area contributed by atoms with E-state index in [2.05, 4.69) is 50.5 Å². The molecular formula is C16H21NO. The summed E-state index contributed by atoms with van der Waals surface area (Å²) in [6.45, 7) is 4.44. The maximum atomic E-state index is 6.15. The first kappa shape index (κ1) is 11.8. The number of rotatable bonds is 2. The second-order valence-electron chi connectivity index (χ2n) is 5.89. The lowest BCUT2D eigenvalue weighted by Crippen LogP contribution is -2.25. The Balaban J connectivity index is 2.02. The van der Waals surface area contributed by atoms with Gasteiger partial charge in [0.2, 0.25) is 0 Å². The summed E-state index contributed by atoms with van der Waals surface area (Å²) < 4.78 is 6.15. The van der Waals surface area contributed by atoms with Crippen LogP contribution in [0.2, 0.25) is 0 Å². The predicted octanol–water partition coefficient (Wildman–Crippen LogP) is 3.77. The van der Waals surface area contributed by atoms with Crippen molar-refractivity contribution < 1.29 is 4.42 Å². The fourth-order valence-electron chi connectivity index (χ4n) is 3.22. The van der Waals surface area contributed by atoms with Gasteiger partial charge in [-0.1, -0.05) is 25.1 Å². The van der Waals surface area contributed by atoms with Gasteiger partial charge >= 0.3 is 0 Å². The summed E-state index contributed by atoms with van der Waals surface area (Å²) in [6.07, 6.45) is 3.61. The molecular weight excluding hydrogens is 222 g/mol. The van der Waals surface area contributed by atoms with Crippen molar-refractivity contribution in [2.24, 2.45) is 0 Å². The van der Waals surface area contributed by atoms with Gasteiger partial charge in [0.15, 0.2) is 0 Å². The van der Waals surface area contributed by atoms with Gasteiger partial charge in [0.1, 0.15) is 11.3 Å². The van der Waals surface area contributed by atoms with E-state index in [-0.39, 0.29) is 5.41 Å². The number of aryl methyl sites for hydroxylation is 1. The molecule has 0 amide bonds. The van der Waals surface area contributed by atoms with E-state index < -0.39 is 0 Å². The maximum Gasteiger partial charge on any atom is 0.137 e. The minimum atomic E-state index is 0.194. The molecule has 2 aromatic rings. The molecule has 2 nitrogen and oxygen atoms in total. The first-order valence-electron chi connectivity index (χ1n) is 6.79. The highest BCUT2D eigenvalue weighted by atomic mass is 16.3. The molecule has 1 aliphatic rings. The Bertz CT molecular complexity index is 571. The van der Waals surface area contributed by atoms with Crippen molar-refractivity contribution >= 4 is 11.0 Å². The third kappa shape index (κ3) is 1.76. The third-order valence-electron chi connectivity index (χ3n) is 4.49. The average molecular weight is 243 g/mol. The van der Waals surface area contributed by atoms with Crippen molar-refractivity contribution in [2.45, 2.75) is 44.6 Å². The van der Waals surface area contributed by atoms with Gasteiger partial charge in [-0.05, 0) is 44.9 Å². The standard InChI is InChI=1S/C16H21NO/c1-11-5-4-6-12-9-14(18-15(11)12)16(2)8-7-13(10-16)17-3/h4-6,9,13,17H,7-8,10H2,1-3H3. The second kappa shape index (κ2) is 4.13. The molecule has 1 fully saturated rings. The number of fused-ring (bicyclic) bond motifs is 1. The number of para-hydroxylation sites is 1. The molecule has 1 saturated carbocycles. The summed E-state index contributed by atoms with van der Waals surface area (Å²) in [5.74, 6) is 1.16. The summed E-state index contributed by atoms with van der Waals surface area (Å²) in [7, 11) is 2.05. The number of hydrogen-bond donors (Lipinski definition) is 1. The minimum Gasteiger partial charge on any atom is -0.460 e. The minimum absolute atomic E-state index is 0.194. The lowest BCUT2D eigenvalue weighted by molar-refractivity contribution is 0.372. The zero-order valence-electron chi connectivity index (χ0n) is 11.4. The molecule has 0 spiro atoms. The van der Waals surface area contributed by atoms with E-state index in [1.165, 1.54) is 30.2 Å². The largest absolute Gasteiger partial charge is 0.460 e. The van der Waals surface area contributed by atoms with Crippen molar-refractivity contribution in [3.63, 3.8) is 0 Å². The summed E-state index contributed by atoms with van der Waals surface area (Å²) >= 11 is 0. The molecule has 1 aromatic carbocycles. The fraction of sp³-hybridized carbons (Fsp3) is 0.500. The van der Waals surface area contributed by atoms with Gasteiger partial charge < -0.3 is 9.73 Å². The van der Waals surface area contributed by atoms with Crippen LogP contribution in [0.15, 0.2) is 28.7 Å². The molecule has 0 bridgehead atoms. The molecule has 18 heavy (non-hydrogen) atoms. The molecule has 96 valence electrons. The van der Waals surface area contributed by atoms with Crippen LogP contribution in [0.4, 0.5) is 0 Å². The predicted molar refractivity (Wildman–Crippen MR) is 75.0 cm³/mol. The number of hydrogen-bond acceptors (Lipinski definition) is 2. The van der Waals surface area contributed by atoms with Crippen LogP contribution < -0.4 is 5.32 Å². The van der Waals surface area contributed by atoms with E-state index in [1.54, 1.807) is 0 Å². The highest BCUT2D eigenvalue weighted by Gasteiger charge is 2.38. The van der Waals surface area contributed by atoms with Crippen molar-refractivity contribution in [3.8, 4) is 0 Å². The molecule has 2 heteroatoms. The lowest BCUT2D eigenvalue weighted by atomic mass is 9.85. The Kier molecular flexibility index (Phi) is 2.70. The Morgan fingerprint density at radius 3 is 2.89 bits per heavy atom. The average Bonchev–Trinajstić information content (AvgIpc) is 2.94. The zero-order valence-corrected chi connectivity index (χ0v) is 11.4. The van der Waals surface area contributed by atoms with Crippen LogP contribution in [0.3, 0.4) is 0 Å². The Morgan fingerprint density at radius 1 is 1.39 bits per heavy atom. The van der Waals surface area contributed by atoms with E-state index in [0.717, 1.165) is 11.3 Å². The summed E-state index contributed by atoms with van der Waals surface area (Å²) in [5.41, 5.74) is 2.48. The van der Waals surface area contributed by atoms with Crippen molar-refractivity contribution in [1.29, 1.82) is 0 Å². The summed E-state index contributed by atoms with van der Waals surface area (Å²) in [6, 6.07) is 9.22. The smallest absolute Gasteiger partial charge is 0.137 e. The van der Waals surface area contributed by atoms with E-state index in [0.29, 0.717) is 6.04 Å². The highest BCUT2D eigenvalue weighted by molar-refractivity contribution is 5.81.